The zero-order chi connectivity index (χ0) is 15.6. The van der Waals surface area contributed by atoms with Crippen LogP contribution in [0.5, 0.6) is 0 Å². The number of nitrogens with one attached hydrogen (secondary N) is 1. The Morgan fingerprint density at radius 3 is 2.81 bits per heavy atom. The number of carbonyl (C=O) groups is 1. The van der Waals surface area contributed by atoms with Crippen LogP contribution < -0.4 is 5.32 Å². The van der Waals surface area contributed by atoms with Crippen molar-refractivity contribution in [3.8, 4) is 0 Å². The molecule has 0 spiro atoms. The van der Waals surface area contributed by atoms with E-state index in [4.69, 9.17) is 11.6 Å². The lowest BCUT2D eigenvalue weighted by molar-refractivity contribution is -0.385. The number of nitrogens with zero attached hydrogens (tertiary/aromatic N) is 2. The van der Waals surface area contributed by atoms with Crippen LogP contribution in [0, 0.1) is 15.9 Å². The number of pyridine rings is 1. The summed E-state index contributed by atoms with van der Waals surface area (Å²) < 4.78 is 14.1. The van der Waals surface area contributed by atoms with E-state index in [2.05, 4.69) is 26.2 Å². The fourth-order valence-corrected chi connectivity index (χ4v) is 2.05. The highest BCUT2D eigenvalue weighted by Crippen LogP contribution is 2.24. The van der Waals surface area contributed by atoms with E-state index in [0.717, 1.165) is 18.3 Å². The molecule has 0 unspecified atom stereocenters. The van der Waals surface area contributed by atoms with Gasteiger partial charge in [0.05, 0.1) is 10.6 Å². The van der Waals surface area contributed by atoms with Crippen molar-refractivity contribution in [2.45, 2.75) is 0 Å². The summed E-state index contributed by atoms with van der Waals surface area (Å²) in [5.41, 5.74) is -0.941. The van der Waals surface area contributed by atoms with Crippen molar-refractivity contribution < 1.29 is 14.1 Å². The third-order valence-corrected chi connectivity index (χ3v) is 3.17. The van der Waals surface area contributed by atoms with Crippen molar-refractivity contribution in [1.29, 1.82) is 0 Å². The fourth-order valence-electron chi connectivity index (χ4n) is 1.53. The van der Waals surface area contributed by atoms with Crippen molar-refractivity contribution in [3.05, 3.63) is 61.6 Å². The molecule has 0 fully saturated rings. The molecule has 108 valence electrons. The van der Waals surface area contributed by atoms with Crippen LogP contribution in [0.3, 0.4) is 0 Å². The average Bonchev–Trinajstić information content (AvgIpc) is 2.42. The molecule has 2 aromatic rings. The minimum absolute atomic E-state index is 0.0829. The first-order valence-electron chi connectivity index (χ1n) is 5.45. The van der Waals surface area contributed by atoms with Crippen LogP contribution in [-0.2, 0) is 0 Å². The van der Waals surface area contributed by atoms with Crippen molar-refractivity contribution in [1.82, 2.24) is 4.98 Å². The van der Waals surface area contributed by atoms with Crippen LogP contribution in [0.15, 0.2) is 34.9 Å². The van der Waals surface area contributed by atoms with Gasteiger partial charge in [-0.2, -0.15) is 0 Å². The summed E-state index contributed by atoms with van der Waals surface area (Å²) in [5, 5.41) is 13.0. The van der Waals surface area contributed by atoms with Gasteiger partial charge in [0.15, 0.2) is 0 Å². The maximum atomic E-state index is 13.6. The van der Waals surface area contributed by atoms with Crippen molar-refractivity contribution in [2.75, 3.05) is 5.32 Å². The van der Waals surface area contributed by atoms with E-state index in [0.29, 0.717) is 4.47 Å². The number of aromatic nitrogens is 1. The molecule has 1 aromatic heterocycles. The Morgan fingerprint density at radius 2 is 2.14 bits per heavy atom. The molecule has 21 heavy (non-hydrogen) atoms. The van der Waals surface area contributed by atoms with E-state index in [9.17, 15) is 19.3 Å². The van der Waals surface area contributed by atoms with Crippen LogP contribution in [0.4, 0.5) is 15.8 Å². The van der Waals surface area contributed by atoms with Crippen molar-refractivity contribution in [3.63, 3.8) is 0 Å². The summed E-state index contributed by atoms with van der Waals surface area (Å²) in [4.78, 5) is 25.7. The molecule has 0 aliphatic heterocycles. The number of hydrogen-bond acceptors (Lipinski definition) is 4. The third kappa shape index (κ3) is 3.53. The Balaban J connectivity index is 2.39. The molecular weight excluding hydrogens is 369 g/mol. The van der Waals surface area contributed by atoms with Gasteiger partial charge >= 0.3 is 0 Å². The molecule has 0 radical (unpaired) electrons. The summed E-state index contributed by atoms with van der Waals surface area (Å²) in [5.74, 6) is -1.53. The molecule has 0 saturated carbocycles. The number of nitro groups is 1. The molecule has 9 heteroatoms. The summed E-state index contributed by atoms with van der Waals surface area (Å²) >= 11 is 8.76. The quantitative estimate of drug-likeness (QED) is 0.503. The predicted octanol–water partition coefficient (Wildman–Crippen LogP) is 3.80. The average molecular weight is 375 g/mol. The maximum Gasteiger partial charge on any atom is 0.300 e. The smallest absolute Gasteiger partial charge is 0.300 e. The van der Waals surface area contributed by atoms with Gasteiger partial charge in [0.2, 0.25) is 0 Å². The lowest BCUT2D eigenvalue weighted by atomic mass is 10.2. The van der Waals surface area contributed by atoms with Gasteiger partial charge in [0, 0.05) is 4.47 Å². The van der Waals surface area contributed by atoms with Crippen LogP contribution in [-0.4, -0.2) is 15.8 Å². The Labute approximate surface area is 131 Å². The summed E-state index contributed by atoms with van der Waals surface area (Å²) in [6.07, 6.45) is 0.870. The molecule has 1 aromatic carbocycles. The second kappa shape index (κ2) is 6.15. The molecule has 0 aliphatic carbocycles. The Bertz CT molecular complexity index is 742. The minimum Gasteiger partial charge on any atom is -0.319 e. The first-order valence-corrected chi connectivity index (χ1v) is 6.62. The monoisotopic (exact) mass is 373 g/mol. The van der Waals surface area contributed by atoms with Gasteiger partial charge in [0.25, 0.3) is 11.6 Å². The first kappa shape index (κ1) is 15.3. The van der Waals surface area contributed by atoms with Gasteiger partial charge in [0.1, 0.15) is 22.7 Å². The molecule has 0 bridgehead atoms. The minimum atomic E-state index is -0.858. The van der Waals surface area contributed by atoms with E-state index in [-0.39, 0.29) is 16.4 Å². The highest BCUT2D eigenvalue weighted by atomic mass is 79.9. The number of anilines is 1. The SMILES string of the molecule is O=C(Nc1cc(Br)ccc1F)c1cc(Cl)ncc1[N+](=O)[O-]. The highest BCUT2D eigenvalue weighted by Gasteiger charge is 2.22. The fraction of sp³-hybridized carbons (Fsp3) is 0. The van der Waals surface area contributed by atoms with Gasteiger partial charge in [-0.25, -0.2) is 9.37 Å². The number of carbonyl (C=O) groups excluding carboxylic acids is 1. The van der Waals surface area contributed by atoms with Gasteiger partial charge in [-0.1, -0.05) is 27.5 Å². The zero-order valence-electron chi connectivity index (χ0n) is 10.1. The Morgan fingerprint density at radius 1 is 1.43 bits per heavy atom. The lowest BCUT2D eigenvalue weighted by Crippen LogP contribution is -2.15. The van der Waals surface area contributed by atoms with E-state index in [1.807, 2.05) is 0 Å². The van der Waals surface area contributed by atoms with Crippen LogP contribution in [0.25, 0.3) is 0 Å². The standard InChI is InChI=1S/C12H6BrClFN3O3/c13-6-1-2-8(15)9(3-6)17-12(19)7-4-11(14)16-5-10(7)18(20)21/h1-5H,(H,17,19). The molecule has 1 amide bonds. The predicted molar refractivity (Wildman–Crippen MR) is 78.0 cm³/mol. The molecule has 1 heterocycles. The molecule has 2 rings (SSSR count). The van der Waals surface area contributed by atoms with E-state index < -0.39 is 22.3 Å². The molecular formula is C12H6BrClFN3O3. The van der Waals surface area contributed by atoms with Crippen molar-refractivity contribution in [2.24, 2.45) is 0 Å². The molecule has 1 N–H and O–H groups in total. The third-order valence-electron chi connectivity index (χ3n) is 2.47. The molecule has 6 nitrogen and oxygen atoms in total. The van der Waals surface area contributed by atoms with Crippen molar-refractivity contribution >= 4 is 44.8 Å². The number of halogens is 3. The molecule has 0 aliphatic rings. The van der Waals surface area contributed by atoms with E-state index >= 15 is 0 Å². The van der Waals surface area contributed by atoms with Gasteiger partial charge in [-0.3, -0.25) is 14.9 Å². The van der Waals surface area contributed by atoms with Gasteiger partial charge in [-0.05, 0) is 24.3 Å². The van der Waals surface area contributed by atoms with Crippen LogP contribution in [0.2, 0.25) is 5.15 Å². The lowest BCUT2D eigenvalue weighted by Gasteiger charge is -2.07. The second-order valence-corrected chi connectivity index (χ2v) is 5.16. The number of benzene rings is 1. The van der Waals surface area contributed by atoms with Crippen LogP contribution >= 0.6 is 27.5 Å². The van der Waals surface area contributed by atoms with Crippen LogP contribution in [0.1, 0.15) is 10.4 Å². The zero-order valence-corrected chi connectivity index (χ0v) is 12.5. The number of amides is 1. The maximum absolute atomic E-state index is 13.6. The van der Waals surface area contributed by atoms with Gasteiger partial charge in [-0.15, -0.1) is 0 Å². The first-order chi connectivity index (χ1) is 9.88. The largest absolute Gasteiger partial charge is 0.319 e. The summed E-state index contributed by atoms with van der Waals surface area (Å²) in [6.45, 7) is 0. The normalized spacial score (nSPS) is 10.2. The molecule has 0 atom stereocenters. The number of rotatable bonds is 3. The number of hydrogen-bond donors (Lipinski definition) is 1. The second-order valence-electron chi connectivity index (χ2n) is 3.86. The summed E-state index contributed by atoms with van der Waals surface area (Å²) in [6, 6.07) is 4.98. The Kier molecular flexibility index (Phi) is 4.49. The molecule has 0 saturated heterocycles. The Hall–Kier alpha value is -2.06. The van der Waals surface area contributed by atoms with E-state index in [1.54, 1.807) is 0 Å². The topological polar surface area (TPSA) is 85.1 Å². The van der Waals surface area contributed by atoms with E-state index in [1.165, 1.54) is 12.1 Å². The highest BCUT2D eigenvalue weighted by molar-refractivity contribution is 9.10. The van der Waals surface area contributed by atoms with Gasteiger partial charge < -0.3 is 5.32 Å². The summed E-state index contributed by atoms with van der Waals surface area (Å²) in [7, 11) is 0.